The summed E-state index contributed by atoms with van der Waals surface area (Å²) in [7, 11) is 0. The molecular formula is C16H11Cl3N2O. The van der Waals surface area contributed by atoms with E-state index in [2.05, 4.69) is 10.5 Å². The molecule has 0 aliphatic carbocycles. The highest BCUT2D eigenvalue weighted by atomic mass is 35.5. The Morgan fingerprint density at radius 1 is 1.00 bits per heavy atom. The Balaban J connectivity index is 1.92. The van der Waals surface area contributed by atoms with Gasteiger partial charge in [0.2, 0.25) is 5.91 Å². The van der Waals surface area contributed by atoms with Crippen LogP contribution in [0.2, 0.25) is 15.1 Å². The number of nitrogens with zero attached hydrogens (tertiary/aromatic N) is 1. The second-order valence-corrected chi connectivity index (χ2v) is 6.24. The summed E-state index contributed by atoms with van der Waals surface area (Å²) in [4.78, 5) is 12.1. The van der Waals surface area contributed by atoms with Crippen molar-refractivity contribution in [2.75, 3.05) is 0 Å². The molecule has 0 bridgehead atoms. The summed E-state index contributed by atoms with van der Waals surface area (Å²) in [6.45, 7) is 0. The lowest BCUT2D eigenvalue weighted by atomic mass is 9.89. The second kappa shape index (κ2) is 6.29. The third-order valence-corrected chi connectivity index (χ3v) is 4.34. The molecular weight excluding hydrogens is 343 g/mol. The SMILES string of the molecule is O=C1NN=C(c2ccc(Cl)cc2)C[C@H]1c1ccc(Cl)cc1Cl. The molecule has 0 radical (unpaired) electrons. The Morgan fingerprint density at radius 2 is 1.68 bits per heavy atom. The van der Waals surface area contributed by atoms with Gasteiger partial charge in [-0.2, -0.15) is 5.10 Å². The van der Waals surface area contributed by atoms with E-state index in [1.54, 1.807) is 30.3 Å². The maximum atomic E-state index is 12.1. The highest BCUT2D eigenvalue weighted by molar-refractivity contribution is 6.35. The van der Waals surface area contributed by atoms with Crippen LogP contribution in [-0.2, 0) is 4.79 Å². The van der Waals surface area contributed by atoms with Crippen LogP contribution in [0.15, 0.2) is 47.6 Å². The first kappa shape index (κ1) is 15.3. The first-order valence-corrected chi connectivity index (χ1v) is 7.75. The summed E-state index contributed by atoms with van der Waals surface area (Å²) in [6.07, 6.45) is 0.467. The van der Waals surface area contributed by atoms with E-state index in [-0.39, 0.29) is 5.91 Å². The van der Waals surface area contributed by atoms with Gasteiger partial charge in [-0.1, -0.05) is 53.0 Å². The van der Waals surface area contributed by atoms with Crippen molar-refractivity contribution >= 4 is 46.4 Å². The van der Waals surface area contributed by atoms with E-state index in [0.29, 0.717) is 21.5 Å². The lowest BCUT2D eigenvalue weighted by Crippen LogP contribution is -2.33. The topological polar surface area (TPSA) is 41.5 Å². The van der Waals surface area contributed by atoms with Crippen molar-refractivity contribution in [3.05, 3.63) is 68.7 Å². The van der Waals surface area contributed by atoms with Crippen molar-refractivity contribution in [3.8, 4) is 0 Å². The number of carbonyl (C=O) groups excluding carboxylic acids is 1. The van der Waals surface area contributed by atoms with E-state index in [0.717, 1.165) is 16.8 Å². The molecule has 3 rings (SSSR count). The first-order chi connectivity index (χ1) is 10.5. The van der Waals surface area contributed by atoms with Crippen LogP contribution in [0.1, 0.15) is 23.5 Å². The van der Waals surface area contributed by atoms with Crippen LogP contribution in [0, 0.1) is 0 Å². The van der Waals surface area contributed by atoms with Gasteiger partial charge in [0.25, 0.3) is 0 Å². The van der Waals surface area contributed by atoms with E-state index in [1.807, 2.05) is 12.1 Å². The number of hydrogen-bond donors (Lipinski definition) is 1. The fourth-order valence-corrected chi connectivity index (χ4v) is 3.06. The zero-order valence-electron chi connectivity index (χ0n) is 11.3. The van der Waals surface area contributed by atoms with E-state index in [4.69, 9.17) is 34.8 Å². The summed E-state index contributed by atoms with van der Waals surface area (Å²) in [5.41, 5.74) is 5.00. The number of nitrogens with one attached hydrogen (secondary N) is 1. The molecule has 0 fully saturated rings. The molecule has 0 saturated heterocycles. The van der Waals surface area contributed by atoms with Crippen molar-refractivity contribution in [2.24, 2.45) is 5.10 Å². The Kier molecular flexibility index (Phi) is 4.39. The molecule has 3 nitrogen and oxygen atoms in total. The number of rotatable bonds is 2. The van der Waals surface area contributed by atoms with Crippen molar-refractivity contribution in [1.29, 1.82) is 0 Å². The molecule has 2 aromatic rings. The van der Waals surface area contributed by atoms with E-state index in [9.17, 15) is 4.79 Å². The van der Waals surface area contributed by atoms with Gasteiger partial charge in [-0.05, 0) is 35.4 Å². The lowest BCUT2D eigenvalue weighted by Gasteiger charge is -2.22. The highest BCUT2D eigenvalue weighted by Crippen LogP contribution is 2.32. The summed E-state index contributed by atoms with van der Waals surface area (Å²) in [5, 5.41) is 5.81. The van der Waals surface area contributed by atoms with E-state index >= 15 is 0 Å². The molecule has 0 saturated carbocycles. The summed E-state index contributed by atoms with van der Waals surface area (Å²) >= 11 is 18.0. The predicted octanol–water partition coefficient (Wildman–Crippen LogP) is 4.65. The number of hydrogen-bond acceptors (Lipinski definition) is 2. The van der Waals surface area contributed by atoms with Crippen LogP contribution in [0.25, 0.3) is 0 Å². The maximum Gasteiger partial charge on any atom is 0.248 e. The van der Waals surface area contributed by atoms with Crippen molar-refractivity contribution in [3.63, 3.8) is 0 Å². The molecule has 1 N–H and O–H groups in total. The van der Waals surface area contributed by atoms with Crippen LogP contribution >= 0.6 is 34.8 Å². The Hall–Kier alpha value is -1.55. The van der Waals surface area contributed by atoms with Gasteiger partial charge in [-0.15, -0.1) is 0 Å². The largest absolute Gasteiger partial charge is 0.272 e. The zero-order chi connectivity index (χ0) is 15.7. The first-order valence-electron chi connectivity index (χ1n) is 6.62. The highest BCUT2D eigenvalue weighted by Gasteiger charge is 2.28. The van der Waals surface area contributed by atoms with Gasteiger partial charge in [0.1, 0.15) is 0 Å². The van der Waals surface area contributed by atoms with Gasteiger partial charge >= 0.3 is 0 Å². The molecule has 1 amide bonds. The molecule has 1 heterocycles. The minimum absolute atomic E-state index is 0.179. The smallest absolute Gasteiger partial charge is 0.248 e. The Labute approximate surface area is 142 Å². The minimum atomic E-state index is -0.395. The third kappa shape index (κ3) is 3.12. The van der Waals surface area contributed by atoms with Crippen LogP contribution in [0.5, 0.6) is 0 Å². The van der Waals surface area contributed by atoms with Crippen LogP contribution in [0.4, 0.5) is 0 Å². The number of hydrazone groups is 1. The normalized spacial score (nSPS) is 17.9. The van der Waals surface area contributed by atoms with Gasteiger partial charge in [-0.3, -0.25) is 4.79 Å². The van der Waals surface area contributed by atoms with Crippen LogP contribution < -0.4 is 5.43 Å². The molecule has 1 aliphatic rings. The second-order valence-electron chi connectivity index (χ2n) is 4.96. The molecule has 6 heteroatoms. The standard InChI is InChI=1S/C16H11Cl3N2O/c17-10-3-1-9(2-4-10)15-8-13(16(22)21-20-15)12-6-5-11(18)7-14(12)19/h1-7,13H,8H2,(H,21,22)/t13-/m0/s1. The number of amides is 1. The fraction of sp³-hybridized carbons (Fsp3) is 0.125. The van der Waals surface area contributed by atoms with Gasteiger partial charge in [-0.25, -0.2) is 5.43 Å². The molecule has 112 valence electrons. The van der Waals surface area contributed by atoms with E-state index in [1.165, 1.54) is 0 Å². The van der Waals surface area contributed by atoms with Crippen molar-refractivity contribution < 1.29 is 4.79 Å². The lowest BCUT2D eigenvalue weighted by molar-refractivity contribution is -0.122. The Bertz CT molecular complexity index is 756. The third-order valence-electron chi connectivity index (χ3n) is 3.53. The molecule has 22 heavy (non-hydrogen) atoms. The average molecular weight is 354 g/mol. The van der Waals surface area contributed by atoms with Gasteiger partial charge in [0, 0.05) is 21.5 Å². The van der Waals surface area contributed by atoms with E-state index < -0.39 is 5.92 Å². The summed E-state index contributed by atoms with van der Waals surface area (Å²) in [6, 6.07) is 12.5. The maximum absolute atomic E-state index is 12.1. The summed E-state index contributed by atoms with van der Waals surface area (Å²) < 4.78 is 0. The quantitative estimate of drug-likeness (QED) is 0.838. The summed E-state index contributed by atoms with van der Waals surface area (Å²) in [5.74, 6) is -0.574. The van der Waals surface area contributed by atoms with Gasteiger partial charge in [0.05, 0.1) is 11.6 Å². The van der Waals surface area contributed by atoms with Crippen molar-refractivity contribution in [2.45, 2.75) is 12.3 Å². The number of benzene rings is 2. The van der Waals surface area contributed by atoms with Crippen LogP contribution in [-0.4, -0.2) is 11.6 Å². The van der Waals surface area contributed by atoms with Crippen molar-refractivity contribution in [1.82, 2.24) is 5.43 Å². The van der Waals surface area contributed by atoms with Gasteiger partial charge < -0.3 is 0 Å². The Morgan fingerprint density at radius 3 is 2.36 bits per heavy atom. The molecule has 1 aliphatic heterocycles. The molecule has 1 atom stereocenters. The average Bonchev–Trinajstić information content (AvgIpc) is 2.49. The molecule has 0 unspecified atom stereocenters. The zero-order valence-corrected chi connectivity index (χ0v) is 13.6. The van der Waals surface area contributed by atoms with Gasteiger partial charge in [0.15, 0.2) is 0 Å². The minimum Gasteiger partial charge on any atom is -0.272 e. The number of halogens is 3. The molecule has 0 spiro atoms. The predicted molar refractivity (Wildman–Crippen MR) is 90.0 cm³/mol. The fourth-order valence-electron chi connectivity index (χ4n) is 2.39. The molecule has 0 aromatic heterocycles. The molecule has 2 aromatic carbocycles. The monoisotopic (exact) mass is 352 g/mol. The number of carbonyl (C=O) groups is 1. The van der Waals surface area contributed by atoms with Crippen LogP contribution in [0.3, 0.4) is 0 Å².